The number of hydrogen-bond acceptors (Lipinski definition) is 7. The maximum atomic E-state index is 5.83. The number of hydrogen-bond donors (Lipinski definition) is 0. The van der Waals surface area contributed by atoms with E-state index >= 15 is 0 Å². The van der Waals surface area contributed by atoms with Crippen molar-refractivity contribution in [2.45, 2.75) is 25.4 Å². The third kappa shape index (κ3) is 3.20. The zero-order chi connectivity index (χ0) is 17.9. The topological polar surface area (TPSA) is 79.5 Å². The Hall–Kier alpha value is -3.09. The number of rotatable bonds is 6. The van der Waals surface area contributed by atoms with Crippen molar-refractivity contribution in [3.05, 3.63) is 36.5 Å². The van der Waals surface area contributed by atoms with E-state index in [1.165, 1.54) is 6.42 Å². The molecule has 0 spiro atoms. The molecule has 134 valence electrons. The van der Waals surface area contributed by atoms with Crippen LogP contribution in [-0.4, -0.2) is 35.4 Å². The number of nitrogens with zero attached hydrogens (tertiary/aromatic N) is 3. The molecule has 1 aliphatic rings. The molecule has 1 fully saturated rings. The fourth-order valence-electron chi connectivity index (χ4n) is 2.70. The highest BCUT2D eigenvalue weighted by molar-refractivity contribution is 5.63. The largest absolute Gasteiger partial charge is 0.493 e. The lowest BCUT2D eigenvalue weighted by molar-refractivity contribution is 0.114. The van der Waals surface area contributed by atoms with Crippen molar-refractivity contribution in [3.8, 4) is 40.2 Å². The van der Waals surface area contributed by atoms with Gasteiger partial charge in [0.2, 0.25) is 11.7 Å². The van der Waals surface area contributed by atoms with E-state index in [0.29, 0.717) is 29.1 Å². The zero-order valence-corrected chi connectivity index (χ0v) is 14.6. The Bertz CT molecular complexity index is 905. The van der Waals surface area contributed by atoms with Crippen molar-refractivity contribution in [2.75, 3.05) is 14.2 Å². The van der Waals surface area contributed by atoms with Crippen LogP contribution in [0, 0.1) is 0 Å². The summed E-state index contributed by atoms with van der Waals surface area (Å²) in [5.74, 6) is 2.72. The van der Waals surface area contributed by atoms with Crippen LogP contribution in [0.4, 0.5) is 0 Å². The molecule has 0 bridgehead atoms. The maximum Gasteiger partial charge on any atom is 0.258 e. The molecule has 1 aliphatic carbocycles. The number of methoxy groups -OCH3 is 2. The highest BCUT2D eigenvalue weighted by atomic mass is 16.5. The molecule has 0 atom stereocenters. The summed E-state index contributed by atoms with van der Waals surface area (Å²) in [5, 5.41) is 4.07. The van der Waals surface area contributed by atoms with E-state index in [4.69, 9.17) is 18.7 Å². The van der Waals surface area contributed by atoms with E-state index in [0.717, 1.165) is 24.0 Å². The quantitative estimate of drug-likeness (QED) is 0.668. The summed E-state index contributed by atoms with van der Waals surface area (Å²) in [6, 6.07) is 9.11. The molecule has 0 unspecified atom stereocenters. The molecule has 3 aromatic rings. The number of pyridine rings is 1. The second kappa shape index (κ2) is 7.03. The first kappa shape index (κ1) is 16.4. The molecule has 7 heteroatoms. The third-order valence-corrected chi connectivity index (χ3v) is 4.39. The average Bonchev–Trinajstić information content (AvgIpc) is 3.14. The van der Waals surface area contributed by atoms with Crippen LogP contribution in [0.1, 0.15) is 19.3 Å². The Kier molecular flexibility index (Phi) is 4.43. The lowest BCUT2D eigenvalue weighted by Crippen LogP contribution is -2.24. The molecule has 26 heavy (non-hydrogen) atoms. The number of aromatic nitrogens is 3. The first-order chi connectivity index (χ1) is 12.8. The predicted molar refractivity (Wildman–Crippen MR) is 94.3 cm³/mol. The Balaban J connectivity index is 1.59. The van der Waals surface area contributed by atoms with Crippen LogP contribution in [-0.2, 0) is 0 Å². The summed E-state index contributed by atoms with van der Waals surface area (Å²) in [7, 11) is 3.18. The smallest absolute Gasteiger partial charge is 0.258 e. The molecule has 2 aromatic heterocycles. The molecule has 0 saturated heterocycles. The van der Waals surface area contributed by atoms with Gasteiger partial charge in [-0.3, -0.25) is 0 Å². The first-order valence-electron chi connectivity index (χ1n) is 8.46. The van der Waals surface area contributed by atoms with Gasteiger partial charge in [-0.05, 0) is 43.5 Å². The summed E-state index contributed by atoms with van der Waals surface area (Å²) in [6.45, 7) is 0. The molecule has 0 radical (unpaired) electrons. The fraction of sp³-hybridized carbons (Fsp3) is 0.316. The number of benzene rings is 1. The molecular weight excluding hydrogens is 334 g/mol. The van der Waals surface area contributed by atoms with Crippen molar-refractivity contribution in [2.24, 2.45) is 0 Å². The second-order valence-corrected chi connectivity index (χ2v) is 6.05. The van der Waals surface area contributed by atoms with Crippen molar-refractivity contribution < 1.29 is 18.7 Å². The average molecular weight is 353 g/mol. The van der Waals surface area contributed by atoms with Gasteiger partial charge in [0, 0.05) is 23.4 Å². The van der Waals surface area contributed by atoms with E-state index in [-0.39, 0.29) is 6.10 Å². The Morgan fingerprint density at radius 2 is 1.85 bits per heavy atom. The van der Waals surface area contributed by atoms with Gasteiger partial charge < -0.3 is 18.7 Å². The minimum absolute atomic E-state index is 0.266. The van der Waals surface area contributed by atoms with Crippen LogP contribution >= 0.6 is 0 Å². The Morgan fingerprint density at radius 1 is 1.00 bits per heavy atom. The van der Waals surface area contributed by atoms with E-state index in [2.05, 4.69) is 15.1 Å². The van der Waals surface area contributed by atoms with Crippen molar-refractivity contribution >= 4 is 0 Å². The lowest BCUT2D eigenvalue weighted by Gasteiger charge is -2.25. The van der Waals surface area contributed by atoms with Crippen LogP contribution in [0.15, 0.2) is 41.1 Å². The van der Waals surface area contributed by atoms with E-state index in [9.17, 15) is 0 Å². The molecule has 1 aromatic carbocycles. The highest BCUT2D eigenvalue weighted by Crippen LogP contribution is 2.32. The molecule has 2 heterocycles. The van der Waals surface area contributed by atoms with Gasteiger partial charge in [-0.1, -0.05) is 5.16 Å². The standard InChI is InChI=1S/C19H19N3O4/c1-23-15-7-6-12(10-16(15)24-2)18-21-19(26-22-18)13-8-9-20-17(11-13)25-14-4-3-5-14/h6-11,14H,3-5H2,1-2H3. The third-order valence-electron chi connectivity index (χ3n) is 4.39. The van der Waals surface area contributed by atoms with Gasteiger partial charge in [0.25, 0.3) is 5.89 Å². The Labute approximate surface area is 150 Å². The molecule has 1 saturated carbocycles. The first-order valence-corrected chi connectivity index (χ1v) is 8.46. The van der Waals surface area contributed by atoms with E-state index in [1.54, 1.807) is 26.5 Å². The van der Waals surface area contributed by atoms with Crippen LogP contribution in [0.25, 0.3) is 22.8 Å². The van der Waals surface area contributed by atoms with Gasteiger partial charge in [-0.15, -0.1) is 0 Å². The van der Waals surface area contributed by atoms with Gasteiger partial charge in [-0.2, -0.15) is 4.98 Å². The molecular formula is C19H19N3O4. The van der Waals surface area contributed by atoms with Gasteiger partial charge in [0.05, 0.1) is 14.2 Å². The van der Waals surface area contributed by atoms with Crippen LogP contribution in [0.5, 0.6) is 17.4 Å². The molecule has 4 rings (SSSR count). The zero-order valence-electron chi connectivity index (χ0n) is 14.6. The van der Waals surface area contributed by atoms with Crippen molar-refractivity contribution in [1.82, 2.24) is 15.1 Å². The van der Waals surface area contributed by atoms with Gasteiger partial charge in [0.15, 0.2) is 11.5 Å². The summed E-state index contributed by atoms with van der Waals surface area (Å²) < 4.78 is 21.8. The molecule has 0 aliphatic heterocycles. The Morgan fingerprint density at radius 3 is 2.58 bits per heavy atom. The highest BCUT2D eigenvalue weighted by Gasteiger charge is 2.20. The summed E-state index contributed by atoms with van der Waals surface area (Å²) in [5.41, 5.74) is 1.55. The summed E-state index contributed by atoms with van der Waals surface area (Å²) in [4.78, 5) is 8.73. The normalized spacial score (nSPS) is 13.9. The van der Waals surface area contributed by atoms with E-state index < -0.39 is 0 Å². The monoisotopic (exact) mass is 353 g/mol. The molecule has 7 nitrogen and oxygen atoms in total. The summed E-state index contributed by atoms with van der Waals surface area (Å²) >= 11 is 0. The van der Waals surface area contributed by atoms with Crippen molar-refractivity contribution in [1.29, 1.82) is 0 Å². The molecule has 0 N–H and O–H groups in total. The lowest BCUT2D eigenvalue weighted by atomic mass is 9.96. The second-order valence-electron chi connectivity index (χ2n) is 6.05. The minimum Gasteiger partial charge on any atom is -0.493 e. The van der Waals surface area contributed by atoms with E-state index in [1.807, 2.05) is 24.3 Å². The van der Waals surface area contributed by atoms with Crippen LogP contribution < -0.4 is 14.2 Å². The van der Waals surface area contributed by atoms with Gasteiger partial charge in [0.1, 0.15) is 6.10 Å². The minimum atomic E-state index is 0.266. The summed E-state index contributed by atoms with van der Waals surface area (Å²) in [6.07, 6.45) is 5.32. The predicted octanol–water partition coefficient (Wildman–Crippen LogP) is 3.75. The number of ether oxygens (including phenoxy) is 3. The SMILES string of the molecule is COc1ccc(-c2noc(-c3ccnc(OC4CCC4)c3)n2)cc1OC. The van der Waals surface area contributed by atoms with Crippen molar-refractivity contribution in [3.63, 3.8) is 0 Å². The fourth-order valence-corrected chi connectivity index (χ4v) is 2.70. The van der Waals surface area contributed by atoms with Gasteiger partial charge in [-0.25, -0.2) is 4.98 Å². The van der Waals surface area contributed by atoms with Crippen LogP contribution in [0.3, 0.4) is 0 Å². The van der Waals surface area contributed by atoms with Crippen LogP contribution in [0.2, 0.25) is 0 Å². The van der Waals surface area contributed by atoms with Gasteiger partial charge >= 0.3 is 0 Å². The molecule has 0 amide bonds. The maximum absolute atomic E-state index is 5.83.